The Kier molecular flexibility index (Phi) is 3.65. The van der Waals surface area contributed by atoms with Gasteiger partial charge in [0.2, 0.25) is 0 Å². The highest BCUT2D eigenvalue weighted by Crippen LogP contribution is 2.43. The number of hydrogen-bond donors (Lipinski definition) is 3. The molecule has 0 saturated carbocycles. The lowest BCUT2D eigenvalue weighted by Gasteiger charge is -2.29. The van der Waals surface area contributed by atoms with Gasteiger partial charge in [0, 0.05) is 12.1 Å². The Hall–Kier alpha value is -2.93. The molecule has 2 aromatic rings. The van der Waals surface area contributed by atoms with Gasteiger partial charge in [0.25, 0.3) is 0 Å². The summed E-state index contributed by atoms with van der Waals surface area (Å²) in [7, 11) is 0. The number of carbonyl (C=O) groups is 1. The highest BCUT2D eigenvalue weighted by molar-refractivity contribution is 6.02. The summed E-state index contributed by atoms with van der Waals surface area (Å²) >= 11 is 0. The van der Waals surface area contributed by atoms with Crippen LogP contribution in [0.15, 0.2) is 30.3 Å². The van der Waals surface area contributed by atoms with Crippen molar-refractivity contribution in [3.05, 3.63) is 41.5 Å². The van der Waals surface area contributed by atoms with E-state index < -0.39 is 12.2 Å². The third-order valence-electron chi connectivity index (χ3n) is 4.25. The van der Waals surface area contributed by atoms with Crippen molar-refractivity contribution < 1.29 is 34.3 Å². The number of rotatable bonds is 2. The number of aliphatic hydroxyl groups is 1. The number of hydrogen-bond acceptors (Lipinski definition) is 7. The molecule has 7 heteroatoms. The zero-order valence-electron chi connectivity index (χ0n) is 13.1. The molecular weight excluding hydrogens is 328 g/mol. The number of phenolic OH excluding ortho intramolecular Hbond substituents is 2. The first-order chi connectivity index (χ1) is 12.0. The summed E-state index contributed by atoms with van der Waals surface area (Å²) in [6.07, 6.45) is -0.968. The molecule has 0 aromatic heterocycles. The first-order valence-electron chi connectivity index (χ1n) is 7.85. The lowest BCUT2D eigenvalue weighted by atomic mass is 9.95. The van der Waals surface area contributed by atoms with Gasteiger partial charge in [0.15, 0.2) is 23.4 Å². The monoisotopic (exact) mass is 344 g/mol. The van der Waals surface area contributed by atoms with Gasteiger partial charge in [-0.05, 0) is 17.7 Å². The smallest absolute Gasteiger partial charge is 0.174 e. The summed E-state index contributed by atoms with van der Waals surface area (Å²) in [6, 6.07) is 7.62. The number of ether oxygens (including phenoxy) is 3. The van der Waals surface area contributed by atoms with E-state index in [1.807, 2.05) is 0 Å². The Labute approximate surface area is 143 Å². The quantitative estimate of drug-likeness (QED) is 0.764. The molecule has 0 aliphatic carbocycles. The van der Waals surface area contributed by atoms with Crippen LogP contribution in [0.5, 0.6) is 28.7 Å². The molecule has 7 nitrogen and oxygen atoms in total. The lowest BCUT2D eigenvalue weighted by Crippen LogP contribution is -2.32. The molecule has 2 unspecified atom stereocenters. The second kappa shape index (κ2) is 5.86. The maximum absolute atomic E-state index is 12.4. The van der Waals surface area contributed by atoms with Crippen LogP contribution in [-0.4, -0.2) is 40.4 Å². The first-order valence-corrected chi connectivity index (χ1v) is 7.85. The van der Waals surface area contributed by atoms with Gasteiger partial charge in [-0.3, -0.25) is 4.79 Å². The molecule has 25 heavy (non-hydrogen) atoms. The number of aromatic hydroxyl groups is 2. The van der Waals surface area contributed by atoms with E-state index in [0.717, 1.165) is 6.07 Å². The predicted molar refractivity (Wildman–Crippen MR) is 85.5 cm³/mol. The normalized spacial score (nSPS) is 21.4. The highest BCUT2D eigenvalue weighted by Gasteiger charge is 2.32. The largest absolute Gasteiger partial charge is 0.508 e. The number of benzene rings is 2. The average molecular weight is 344 g/mol. The van der Waals surface area contributed by atoms with Crippen LogP contribution < -0.4 is 14.2 Å². The number of fused-ring (bicyclic) bond motifs is 2. The average Bonchev–Trinajstić information content (AvgIpc) is 2.59. The number of aliphatic hydroxyl groups excluding tert-OH is 1. The predicted octanol–water partition coefficient (Wildman–Crippen LogP) is 1.94. The molecule has 2 aliphatic heterocycles. The second-order valence-electron chi connectivity index (χ2n) is 6.01. The summed E-state index contributed by atoms with van der Waals surface area (Å²) in [5.74, 6) is 0.424. The van der Waals surface area contributed by atoms with Crippen molar-refractivity contribution in [3.8, 4) is 28.7 Å². The molecule has 0 spiro atoms. The van der Waals surface area contributed by atoms with Crippen molar-refractivity contribution in [2.24, 2.45) is 0 Å². The number of ketones is 1. The Morgan fingerprint density at radius 3 is 2.68 bits per heavy atom. The van der Waals surface area contributed by atoms with Crippen LogP contribution in [0.4, 0.5) is 0 Å². The molecule has 3 N–H and O–H groups in total. The fourth-order valence-electron chi connectivity index (χ4n) is 3.03. The molecule has 0 amide bonds. The van der Waals surface area contributed by atoms with E-state index in [4.69, 9.17) is 14.2 Å². The van der Waals surface area contributed by atoms with Crippen molar-refractivity contribution in [2.75, 3.05) is 13.2 Å². The number of phenols is 2. The molecule has 0 radical (unpaired) electrons. The minimum absolute atomic E-state index is 0.0500. The second-order valence-corrected chi connectivity index (χ2v) is 6.01. The maximum atomic E-state index is 12.4. The van der Waals surface area contributed by atoms with Gasteiger partial charge >= 0.3 is 0 Å². The topological polar surface area (TPSA) is 105 Å². The summed E-state index contributed by atoms with van der Waals surface area (Å²) in [5.41, 5.74) is 0.773. The van der Waals surface area contributed by atoms with E-state index in [-0.39, 0.29) is 48.2 Å². The van der Waals surface area contributed by atoms with Gasteiger partial charge in [-0.25, -0.2) is 0 Å². The van der Waals surface area contributed by atoms with Crippen LogP contribution in [0.3, 0.4) is 0 Å². The summed E-state index contributed by atoms with van der Waals surface area (Å²) < 4.78 is 17.0. The molecule has 2 heterocycles. The number of Topliss-reactive ketones (excluding diaryl/α,β-unsaturated/α-hetero) is 1. The van der Waals surface area contributed by atoms with Gasteiger partial charge in [0.05, 0.1) is 13.0 Å². The Morgan fingerprint density at radius 1 is 1.04 bits per heavy atom. The zero-order valence-corrected chi connectivity index (χ0v) is 13.1. The van der Waals surface area contributed by atoms with E-state index in [9.17, 15) is 20.1 Å². The summed E-state index contributed by atoms with van der Waals surface area (Å²) in [5, 5.41) is 28.7. The maximum Gasteiger partial charge on any atom is 0.174 e. The van der Waals surface area contributed by atoms with E-state index in [1.54, 1.807) is 18.2 Å². The first kappa shape index (κ1) is 15.6. The van der Waals surface area contributed by atoms with Crippen molar-refractivity contribution in [3.63, 3.8) is 0 Å². The molecule has 2 aromatic carbocycles. The van der Waals surface area contributed by atoms with Crippen LogP contribution in [0, 0.1) is 0 Å². The van der Waals surface area contributed by atoms with Crippen LogP contribution >= 0.6 is 0 Å². The van der Waals surface area contributed by atoms with Gasteiger partial charge in [-0.2, -0.15) is 0 Å². The zero-order chi connectivity index (χ0) is 17.6. The third kappa shape index (κ3) is 2.72. The molecule has 0 fully saturated rings. The van der Waals surface area contributed by atoms with Gasteiger partial charge < -0.3 is 29.5 Å². The Morgan fingerprint density at radius 2 is 1.88 bits per heavy atom. The molecule has 130 valence electrons. The molecule has 0 bridgehead atoms. The van der Waals surface area contributed by atoms with Crippen molar-refractivity contribution in [2.45, 2.75) is 18.6 Å². The van der Waals surface area contributed by atoms with Gasteiger partial charge in [-0.1, -0.05) is 6.07 Å². The van der Waals surface area contributed by atoms with Crippen LogP contribution in [0.25, 0.3) is 0 Å². The molecule has 2 aliphatic rings. The summed E-state index contributed by atoms with van der Waals surface area (Å²) in [6.45, 7) is 0.112. The standard InChI is InChI=1S/C18H16O7/c19-7-11-8-23-14-2-1-9(3-16(14)24-11)15-6-13(22)18-12(21)4-10(20)5-17(18)25-15/h1-5,11,15,19-21H,6-8H2. The molecule has 2 atom stereocenters. The fraction of sp³-hybridized carbons (Fsp3) is 0.278. The highest BCUT2D eigenvalue weighted by atomic mass is 16.6. The van der Waals surface area contributed by atoms with Crippen molar-refractivity contribution >= 4 is 5.78 Å². The van der Waals surface area contributed by atoms with E-state index in [0.29, 0.717) is 17.1 Å². The van der Waals surface area contributed by atoms with E-state index in [2.05, 4.69) is 0 Å². The minimum atomic E-state index is -0.579. The SMILES string of the molecule is O=C1CC(c2ccc3c(c2)OC(CO)CO3)Oc2cc(O)cc(O)c21. The molecular formula is C18H16O7. The van der Waals surface area contributed by atoms with E-state index in [1.165, 1.54) is 6.07 Å². The van der Waals surface area contributed by atoms with E-state index >= 15 is 0 Å². The van der Waals surface area contributed by atoms with Gasteiger partial charge in [-0.15, -0.1) is 0 Å². The number of carbonyl (C=O) groups excluding carboxylic acids is 1. The Balaban J connectivity index is 1.66. The third-order valence-corrected chi connectivity index (χ3v) is 4.25. The minimum Gasteiger partial charge on any atom is -0.508 e. The summed E-state index contributed by atoms with van der Waals surface area (Å²) in [4.78, 5) is 12.4. The Bertz CT molecular complexity index is 846. The molecule has 0 saturated heterocycles. The molecule has 4 rings (SSSR count). The van der Waals surface area contributed by atoms with Crippen LogP contribution in [0.2, 0.25) is 0 Å². The lowest BCUT2D eigenvalue weighted by molar-refractivity contribution is 0.0452. The van der Waals surface area contributed by atoms with Crippen molar-refractivity contribution in [1.82, 2.24) is 0 Å². The fourth-order valence-corrected chi connectivity index (χ4v) is 3.03. The van der Waals surface area contributed by atoms with Crippen LogP contribution in [0.1, 0.15) is 28.4 Å². The van der Waals surface area contributed by atoms with Crippen LogP contribution in [-0.2, 0) is 0 Å². The van der Waals surface area contributed by atoms with Gasteiger partial charge in [0.1, 0.15) is 35.5 Å². The van der Waals surface area contributed by atoms with Crippen molar-refractivity contribution in [1.29, 1.82) is 0 Å².